The van der Waals surface area contributed by atoms with Gasteiger partial charge < -0.3 is 20.5 Å². The van der Waals surface area contributed by atoms with Gasteiger partial charge in [-0.05, 0) is 38.8 Å². The maximum Gasteiger partial charge on any atom is 0.229 e. The lowest BCUT2D eigenvalue weighted by Crippen LogP contribution is -2.59. The summed E-state index contributed by atoms with van der Waals surface area (Å²) in [4.78, 5) is 12.8. The number of carbonyl (C=O) groups excluding carboxylic acids is 1. The first kappa shape index (κ1) is 15.7. The molecule has 1 aliphatic carbocycles. The summed E-state index contributed by atoms with van der Waals surface area (Å²) in [7, 11) is 1.65. The second-order valence-electron chi connectivity index (χ2n) is 6.42. The molecule has 3 N–H and O–H groups in total. The number of amides is 1. The Labute approximate surface area is 121 Å². The van der Waals surface area contributed by atoms with Gasteiger partial charge in [-0.2, -0.15) is 0 Å². The number of hydrogen-bond acceptors (Lipinski definition) is 4. The molecular formula is C15H28N2O3. The average Bonchev–Trinajstić information content (AvgIpc) is 2.49. The number of ether oxygens (including phenoxy) is 1. The van der Waals surface area contributed by atoms with Gasteiger partial charge in [0.15, 0.2) is 0 Å². The van der Waals surface area contributed by atoms with Crippen LogP contribution < -0.4 is 10.6 Å². The summed E-state index contributed by atoms with van der Waals surface area (Å²) in [5.41, 5.74) is -0.833. The van der Waals surface area contributed by atoms with Crippen LogP contribution in [0.3, 0.4) is 0 Å². The minimum Gasteiger partial charge on any atom is -0.394 e. The number of hydrogen-bond donors (Lipinski definition) is 3. The molecule has 0 spiro atoms. The van der Waals surface area contributed by atoms with Gasteiger partial charge in [0, 0.05) is 7.11 Å². The fourth-order valence-corrected chi connectivity index (χ4v) is 3.54. The molecule has 0 unspecified atom stereocenters. The van der Waals surface area contributed by atoms with Crippen LogP contribution in [0.2, 0.25) is 0 Å². The molecule has 5 heteroatoms. The summed E-state index contributed by atoms with van der Waals surface area (Å²) in [6.07, 6.45) is 6.74. The van der Waals surface area contributed by atoms with E-state index >= 15 is 0 Å². The molecule has 5 nitrogen and oxygen atoms in total. The van der Waals surface area contributed by atoms with Crippen molar-refractivity contribution in [1.29, 1.82) is 0 Å². The fourth-order valence-electron chi connectivity index (χ4n) is 3.54. The second kappa shape index (κ2) is 6.87. The minimum atomic E-state index is -0.431. The first-order valence-electron chi connectivity index (χ1n) is 7.80. The zero-order valence-corrected chi connectivity index (χ0v) is 12.5. The van der Waals surface area contributed by atoms with Gasteiger partial charge in [-0.3, -0.25) is 4.79 Å². The van der Waals surface area contributed by atoms with Crippen molar-refractivity contribution in [3.63, 3.8) is 0 Å². The van der Waals surface area contributed by atoms with E-state index in [0.717, 1.165) is 51.6 Å². The lowest BCUT2D eigenvalue weighted by Gasteiger charge is -2.42. The zero-order chi connectivity index (χ0) is 14.5. The Bertz CT molecular complexity index is 316. The van der Waals surface area contributed by atoms with Crippen LogP contribution in [0.25, 0.3) is 0 Å². The van der Waals surface area contributed by atoms with Crippen LogP contribution in [-0.4, -0.2) is 50.0 Å². The van der Waals surface area contributed by atoms with E-state index in [1.165, 1.54) is 6.42 Å². The molecule has 2 rings (SSSR count). The predicted molar refractivity (Wildman–Crippen MR) is 77.5 cm³/mol. The molecule has 0 radical (unpaired) electrons. The number of piperidine rings is 1. The summed E-state index contributed by atoms with van der Waals surface area (Å²) in [5, 5.41) is 16.2. The lowest BCUT2D eigenvalue weighted by molar-refractivity contribution is -0.139. The molecule has 1 heterocycles. The molecule has 1 amide bonds. The molecular weight excluding hydrogens is 256 g/mol. The van der Waals surface area contributed by atoms with Gasteiger partial charge in [0.2, 0.25) is 5.91 Å². The molecule has 1 saturated heterocycles. The van der Waals surface area contributed by atoms with E-state index in [4.69, 9.17) is 4.74 Å². The van der Waals surface area contributed by atoms with Crippen molar-refractivity contribution < 1.29 is 14.6 Å². The van der Waals surface area contributed by atoms with E-state index in [9.17, 15) is 9.90 Å². The lowest BCUT2D eigenvalue weighted by atomic mass is 9.76. The fraction of sp³-hybridized carbons (Fsp3) is 0.933. The third-order valence-corrected chi connectivity index (χ3v) is 4.95. The summed E-state index contributed by atoms with van der Waals surface area (Å²) >= 11 is 0. The third-order valence-electron chi connectivity index (χ3n) is 4.95. The van der Waals surface area contributed by atoms with Crippen LogP contribution in [0.15, 0.2) is 0 Å². The van der Waals surface area contributed by atoms with Crippen LogP contribution in [0.5, 0.6) is 0 Å². The van der Waals surface area contributed by atoms with Crippen LogP contribution in [0.1, 0.15) is 44.9 Å². The van der Waals surface area contributed by atoms with Gasteiger partial charge in [0.1, 0.15) is 0 Å². The van der Waals surface area contributed by atoms with Crippen molar-refractivity contribution in [2.75, 3.05) is 33.4 Å². The molecule has 1 saturated carbocycles. The highest BCUT2D eigenvalue weighted by Crippen LogP contribution is 2.33. The van der Waals surface area contributed by atoms with Gasteiger partial charge in [0.05, 0.1) is 24.2 Å². The highest BCUT2D eigenvalue weighted by atomic mass is 16.5. The molecule has 116 valence electrons. The Morgan fingerprint density at radius 3 is 2.40 bits per heavy atom. The summed E-state index contributed by atoms with van der Waals surface area (Å²) in [6.45, 7) is 2.20. The summed E-state index contributed by atoms with van der Waals surface area (Å²) < 4.78 is 5.31. The van der Waals surface area contributed by atoms with Crippen LogP contribution >= 0.6 is 0 Å². The van der Waals surface area contributed by atoms with Crippen LogP contribution in [0.4, 0.5) is 0 Å². The largest absolute Gasteiger partial charge is 0.394 e. The van der Waals surface area contributed by atoms with E-state index in [1.54, 1.807) is 7.11 Å². The SMILES string of the molecule is COCC1(C(=O)NC2(CO)CCCCC2)CCNCC1. The minimum absolute atomic E-state index is 0.0417. The number of aliphatic hydroxyl groups excluding tert-OH is 1. The summed E-state index contributed by atoms with van der Waals surface area (Å²) in [5.74, 6) is 0.0665. The highest BCUT2D eigenvalue weighted by molar-refractivity contribution is 5.83. The Kier molecular flexibility index (Phi) is 5.41. The van der Waals surface area contributed by atoms with Gasteiger partial charge in [-0.15, -0.1) is 0 Å². The first-order valence-corrected chi connectivity index (χ1v) is 7.80. The van der Waals surface area contributed by atoms with Crippen molar-refractivity contribution in [3.8, 4) is 0 Å². The van der Waals surface area contributed by atoms with Crippen molar-refractivity contribution in [2.45, 2.75) is 50.5 Å². The van der Waals surface area contributed by atoms with E-state index in [1.807, 2.05) is 0 Å². The topological polar surface area (TPSA) is 70.6 Å². The highest BCUT2D eigenvalue weighted by Gasteiger charge is 2.43. The van der Waals surface area contributed by atoms with Gasteiger partial charge in [-0.25, -0.2) is 0 Å². The quantitative estimate of drug-likeness (QED) is 0.699. The van der Waals surface area contributed by atoms with Crippen molar-refractivity contribution in [1.82, 2.24) is 10.6 Å². The molecule has 0 aromatic heterocycles. The average molecular weight is 284 g/mol. The molecule has 2 fully saturated rings. The Balaban J connectivity index is 2.06. The van der Waals surface area contributed by atoms with Crippen LogP contribution in [-0.2, 0) is 9.53 Å². The van der Waals surface area contributed by atoms with Crippen molar-refractivity contribution in [3.05, 3.63) is 0 Å². The van der Waals surface area contributed by atoms with E-state index < -0.39 is 11.0 Å². The normalized spacial score (nSPS) is 25.1. The smallest absolute Gasteiger partial charge is 0.229 e. The maximum atomic E-state index is 12.8. The Morgan fingerprint density at radius 2 is 1.85 bits per heavy atom. The first-order chi connectivity index (χ1) is 9.66. The predicted octanol–water partition coefficient (Wildman–Crippen LogP) is 0.814. The van der Waals surface area contributed by atoms with Crippen molar-refractivity contribution in [2.24, 2.45) is 5.41 Å². The number of methoxy groups -OCH3 is 1. The molecule has 20 heavy (non-hydrogen) atoms. The van der Waals surface area contributed by atoms with Gasteiger partial charge in [-0.1, -0.05) is 19.3 Å². The third kappa shape index (κ3) is 3.32. The zero-order valence-electron chi connectivity index (χ0n) is 12.5. The molecule has 0 aromatic rings. The standard InChI is InChI=1S/C15H28N2O3/c1-20-12-14(7-9-16-10-8-14)13(19)17-15(11-18)5-3-2-4-6-15/h16,18H,2-12H2,1H3,(H,17,19). The maximum absolute atomic E-state index is 12.8. The van der Waals surface area contributed by atoms with Crippen LogP contribution in [0, 0.1) is 5.41 Å². The van der Waals surface area contributed by atoms with Gasteiger partial charge in [0.25, 0.3) is 0 Å². The van der Waals surface area contributed by atoms with E-state index in [-0.39, 0.29) is 12.5 Å². The van der Waals surface area contributed by atoms with Crippen molar-refractivity contribution >= 4 is 5.91 Å². The van der Waals surface area contributed by atoms with E-state index in [2.05, 4.69) is 10.6 Å². The molecule has 0 bridgehead atoms. The molecule has 0 atom stereocenters. The summed E-state index contributed by atoms with van der Waals surface area (Å²) in [6, 6.07) is 0. The number of carbonyl (C=O) groups is 1. The molecule has 0 aromatic carbocycles. The molecule has 1 aliphatic heterocycles. The number of nitrogens with one attached hydrogen (secondary N) is 2. The Morgan fingerprint density at radius 1 is 1.20 bits per heavy atom. The monoisotopic (exact) mass is 284 g/mol. The number of aliphatic hydroxyl groups is 1. The van der Waals surface area contributed by atoms with Gasteiger partial charge >= 0.3 is 0 Å². The molecule has 2 aliphatic rings. The second-order valence-corrected chi connectivity index (χ2v) is 6.42. The number of rotatable bonds is 5. The van der Waals surface area contributed by atoms with E-state index in [0.29, 0.717) is 6.61 Å². The Hall–Kier alpha value is -0.650.